The van der Waals surface area contributed by atoms with Crippen molar-refractivity contribution in [1.29, 1.82) is 0 Å². The Hall–Kier alpha value is -2.48. The van der Waals surface area contributed by atoms with Crippen LogP contribution in [0.5, 0.6) is 11.5 Å². The van der Waals surface area contributed by atoms with Crippen molar-refractivity contribution in [2.45, 2.75) is 38.6 Å². The second-order valence-corrected chi connectivity index (χ2v) is 8.54. The van der Waals surface area contributed by atoms with Crippen LogP contribution in [0.25, 0.3) is 0 Å². The van der Waals surface area contributed by atoms with Gasteiger partial charge in [-0.3, -0.25) is 4.79 Å². The predicted octanol–water partition coefficient (Wildman–Crippen LogP) is 2.38. The highest BCUT2D eigenvalue weighted by Gasteiger charge is 2.42. The number of likely N-dealkylation sites (tertiary alicyclic amines) is 1. The molecule has 1 fully saturated rings. The molecular weight excluding hydrogens is 386 g/mol. The molecule has 2 atom stereocenters. The fourth-order valence-electron chi connectivity index (χ4n) is 3.64. The molecule has 2 N–H and O–H groups in total. The minimum Gasteiger partial charge on any atom is -0.497 e. The zero-order chi connectivity index (χ0) is 22.3. The van der Waals surface area contributed by atoms with E-state index in [1.54, 1.807) is 26.2 Å². The van der Waals surface area contributed by atoms with Crippen LogP contribution in [0.4, 0.5) is 4.79 Å². The van der Waals surface area contributed by atoms with Gasteiger partial charge in [-0.25, -0.2) is 4.79 Å². The Labute approximate surface area is 179 Å². The van der Waals surface area contributed by atoms with Gasteiger partial charge in [0.2, 0.25) is 5.91 Å². The third kappa shape index (κ3) is 6.26. The number of hydrogen-bond donors (Lipinski definition) is 2. The second kappa shape index (κ2) is 10.5. The minimum absolute atomic E-state index is 0.0768. The lowest BCUT2D eigenvalue weighted by molar-refractivity contribution is -0.124. The molecule has 8 nitrogen and oxygen atoms in total. The van der Waals surface area contributed by atoms with E-state index in [9.17, 15) is 9.59 Å². The summed E-state index contributed by atoms with van der Waals surface area (Å²) in [6, 6.07) is 5.37. The molecule has 1 aliphatic heterocycles. The van der Waals surface area contributed by atoms with Crippen molar-refractivity contribution in [2.75, 3.05) is 47.6 Å². The summed E-state index contributed by atoms with van der Waals surface area (Å²) in [5.41, 5.74) is 0.501. The third-order valence-corrected chi connectivity index (χ3v) is 5.09. The minimum atomic E-state index is -0.390. The Morgan fingerprint density at radius 1 is 1.13 bits per heavy atom. The second-order valence-electron chi connectivity index (χ2n) is 8.54. The number of carbonyl (C=O) groups is 2. The molecule has 8 heteroatoms. The van der Waals surface area contributed by atoms with Gasteiger partial charge in [-0.1, -0.05) is 0 Å². The Morgan fingerprint density at radius 3 is 2.47 bits per heavy atom. The number of rotatable bonds is 8. The number of benzene rings is 1. The van der Waals surface area contributed by atoms with Crippen LogP contribution in [0.1, 0.15) is 38.7 Å². The number of hydrogen-bond acceptors (Lipinski definition) is 5. The van der Waals surface area contributed by atoms with Gasteiger partial charge in [0.15, 0.2) is 0 Å². The van der Waals surface area contributed by atoms with Crippen molar-refractivity contribution in [2.24, 2.45) is 5.92 Å². The van der Waals surface area contributed by atoms with Crippen LogP contribution in [-0.4, -0.2) is 69.9 Å². The van der Waals surface area contributed by atoms with Crippen molar-refractivity contribution in [3.63, 3.8) is 0 Å². The van der Waals surface area contributed by atoms with E-state index in [-0.39, 0.29) is 29.3 Å². The zero-order valence-electron chi connectivity index (χ0n) is 18.9. The van der Waals surface area contributed by atoms with E-state index < -0.39 is 0 Å². The first kappa shape index (κ1) is 23.8. The summed E-state index contributed by atoms with van der Waals surface area (Å²) >= 11 is 0. The fourth-order valence-corrected chi connectivity index (χ4v) is 3.64. The Balaban J connectivity index is 2.28. The first-order chi connectivity index (χ1) is 14.2. The first-order valence-corrected chi connectivity index (χ1v) is 10.3. The van der Waals surface area contributed by atoms with Gasteiger partial charge in [0.1, 0.15) is 11.5 Å². The number of nitrogens with zero attached hydrogens (tertiary/aromatic N) is 1. The third-order valence-electron chi connectivity index (χ3n) is 5.09. The van der Waals surface area contributed by atoms with Crippen LogP contribution >= 0.6 is 0 Å². The first-order valence-electron chi connectivity index (χ1n) is 10.3. The molecule has 1 aliphatic rings. The number of urea groups is 1. The molecular formula is C22H35N3O5. The van der Waals surface area contributed by atoms with Crippen molar-refractivity contribution >= 4 is 11.9 Å². The highest BCUT2D eigenvalue weighted by Crippen LogP contribution is 2.39. The molecule has 0 radical (unpaired) electrons. The average molecular weight is 422 g/mol. The van der Waals surface area contributed by atoms with E-state index in [1.807, 2.05) is 39.0 Å². The molecule has 168 valence electrons. The Bertz CT molecular complexity index is 732. The predicted molar refractivity (Wildman–Crippen MR) is 115 cm³/mol. The molecule has 1 aromatic carbocycles. The van der Waals surface area contributed by atoms with Gasteiger partial charge in [0, 0.05) is 50.4 Å². The molecule has 2 rings (SSSR count). The van der Waals surface area contributed by atoms with Crippen molar-refractivity contribution in [3.05, 3.63) is 23.8 Å². The van der Waals surface area contributed by atoms with Crippen LogP contribution in [0, 0.1) is 5.92 Å². The fraction of sp³-hybridized carbons (Fsp3) is 0.636. The summed E-state index contributed by atoms with van der Waals surface area (Å²) < 4.78 is 16.0. The highest BCUT2D eigenvalue weighted by molar-refractivity contribution is 5.83. The summed E-state index contributed by atoms with van der Waals surface area (Å²) in [5, 5.41) is 5.97. The molecule has 0 saturated carbocycles. The number of carbonyl (C=O) groups excluding carboxylic acids is 2. The zero-order valence-corrected chi connectivity index (χ0v) is 18.9. The number of nitrogens with one attached hydrogen (secondary N) is 2. The van der Waals surface area contributed by atoms with Gasteiger partial charge in [0.25, 0.3) is 0 Å². The maximum absolute atomic E-state index is 13.0. The standard InChI is InChI=1S/C22H35N3O5/c1-22(2,3)24-21(27)25-13-17(16-12-15(29-5)8-9-19(16)30-6)18(14-25)20(26)23-10-7-11-28-4/h8-9,12,17-18H,7,10-11,13-14H2,1-6H3,(H,23,26)(H,24,27). The van der Waals surface area contributed by atoms with Crippen molar-refractivity contribution in [3.8, 4) is 11.5 Å². The van der Waals surface area contributed by atoms with E-state index in [2.05, 4.69) is 10.6 Å². The number of ether oxygens (including phenoxy) is 3. The molecule has 3 amide bonds. The molecule has 1 aromatic rings. The largest absolute Gasteiger partial charge is 0.497 e. The Morgan fingerprint density at radius 2 is 1.87 bits per heavy atom. The van der Waals surface area contributed by atoms with Crippen LogP contribution in [0.2, 0.25) is 0 Å². The molecule has 0 aliphatic carbocycles. The van der Waals surface area contributed by atoms with E-state index >= 15 is 0 Å². The summed E-state index contributed by atoms with van der Waals surface area (Å²) in [5.74, 6) is 0.688. The molecule has 2 unspecified atom stereocenters. The maximum atomic E-state index is 13.0. The SMILES string of the molecule is COCCCNC(=O)C1CN(C(=O)NC(C)(C)C)CC1c1cc(OC)ccc1OC. The summed E-state index contributed by atoms with van der Waals surface area (Å²) in [7, 11) is 4.84. The van der Waals surface area contributed by atoms with Gasteiger partial charge in [0.05, 0.1) is 20.1 Å². The lowest BCUT2D eigenvalue weighted by Crippen LogP contribution is -2.48. The smallest absolute Gasteiger partial charge is 0.317 e. The maximum Gasteiger partial charge on any atom is 0.317 e. The van der Waals surface area contributed by atoms with E-state index in [0.29, 0.717) is 37.7 Å². The monoisotopic (exact) mass is 421 g/mol. The van der Waals surface area contributed by atoms with Crippen molar-refractivity contribution < 1.29 is 23.8 Å². The van der Waals surface area contributed by atoms with Crippen molar-refractivity contribution in [1.82, 2.24) is 15.5 Å². The lowest BCUT2D eigenvalue weighted by atomic mass is 9.87. The average Bonchev–Trinajstić information content (AvgIpc) is 3.15. The van der Waals surface area contributed by atoms with Crippen LogP contribution in [0.15, 0.2) is 18.2 Å². The number of amides is 3. The molecule has 1 heterocycles. The van der Waals surface area contributed by atoms with Gasteiger partial charge in [-0.15, -0.1) is 0 Å². The quantitative estimate of drug-likeness (QED) is 0.629. The molecule has 0 aromatic heterocycles. The van der Waals surface area contributed by atoms with E-state index in [0.717, 1.165) is 12.0 Å². The van der Waals surface area contributed by atoms with Gasteiger partial charge < -0.3 is 29.7 Å². The van der Waals surface area contributed by atoms with Crippen LogP contribution in [-0.2, 0) is 9.53 Å². The van der Waals surface area contributed by atoms with Crippen LogP contribution in [0.3, 0.4) is 0 Å². The summed E-state index contributed by atoms with van der Waals surface area (Å²) in [6.07, 6.45) is 0.732. The lowest BCUT2D eigenvalue weighted by Gasteiger charge is -2.25. The molecule has 30 heavy (non-hydrogen) atoms. The topological polar surface area (TPSA) is 89.1 Å². The number of methoxy groups -OCH3 is 3. The van der Waals surface area contributed by atoms with Gasteiger partial charge in [-0.05, 0) is 45.4 Å². The van der Waals surface area contributed by atoms with Crippen LogP contribution < -0.4 is 20.1 Å². The summed E-state index contributed by atoms with van der Waals surface area (Å²) in [4.78, 5) is 27.5. The highest BCUT2D eigenvalue weighted by atomic mass is 16.5. The van der Waals surface area contributed by atoms with Gasteiger partial charge in [-0.2, -0.15) is 0 Å². The molecule has 1 saturated heterocycles. The van der Waals surface area contributed by atoms with E-state index in [1.165, 1.54) is 0 Å². The molecule has 0 bridgehead atoms. The van der Waals surface area contributed by atoms with E-state index in [4.69, 9.17) is 14.2 Å². The summed E-state index contributed by atoms with van der Waals surface area (Å²) in [6.45, 7) is 7.67. The van der Waals surface area contributed by atoms with Gasteiger partial charge >= 0.3 is 6.03 Å². The Kier molecular flexibility index (Phi) is 8.34. The molecule has 0 spiro atoms. The normalized spacial score (nSPS) is 18.8.